The van der Waals surface area contributed by atoms with E-state index >= 15 is 0 Å². The van der Waals surface area contributed by atoms with Crippen molar-refractivity contribution >= 4 is 17.6 Å². The quantitative estimate of drug-likeness (QED) is 0.860. The summed E-state index contributed by atoms with van der Waals surface area (Å²) in [5.74, 6) is -0.981. The lowest BCUT2D eigenvalue weighted by Gasteiger charge is -2.04. The van der Waals surface area contributed by atoms with E-state index in [-0.39, 0.29) is 23.0 Å². The van der Waals surface area contributed by atoms with Crippen molar-refractivity contribution in [1.29, 1.82) is 0 Å². The Morgan fingerprint density at radius 2 is 2.24 bits per heavy atom. The van der Waals surface area contributed by atoms with Gasteiger partial charge in [-0.15, -0.1) is 5.10 Å². The summed E-state index contributed by atoms with van der Waals surface area (Å²) in [6.07, 6.45) is -0.290. The molecule has 0 bridgehead atoms. The fourth-order valence-corrected chi connectivity index (χ4v) is 1.59. The maximum absolute atomic E-state index is 10.7. The predicted molar refractivity (Wildman–Crippen MR) is 59.4 cm³/mol. The number of hydrogen-bond donors (Lipinski definition) is 2. The van der Waals surface area contributed by atoms with E-state index in [9.17, 15) is 9.90 Å². The van der Waals surface area contributed by atoms with Gasteiger partial charge in [-0.05, 0) is 12.1 Å². The second kappa shape index (κ2) is 4.42. The van der Waals surface area contributed by atoms with Gasteiger partial charge in [-0.25, -0.2) is 4.68 Å². The molecule has 0 radical (unpaired) electrons. The second-order valence-electron chi connectivity index (χ2n) is 3.33. The van der Waals surface area contributed by atoms with E-state index in [2.05, 4.69) is 10.3 Å². The van der Waals surface area contributed by atoms with Crippen LogP contribution in [-0.2, 0) is 11.2 Å². The smallest absolute Gasteiger partial charge is 0.309 e. The first kappa shape index (κ1) is 11.4. The van der Waals surface area contributed by atoms with E-state index in [4.69, 9.17) is 16.7 Å². The van der Waals surface area contributed by atoms with Gasteiger partial charge in [0.1, 0.15) is 5.75 Å². The summed E-state index contributed by atoms with van der Waals surface area (Å²) in [7, 11) is 0. The van der Waals surface area contributed by atoms with Crippen LogP contribution in [0.4, 0.5) is 0 Å². The van der Waals surface area contributed by atoms with Crippen LogP contribution in [0.25, 0.3) is 5.69 Å². The Morgan fingerprint density at radius 3 is 2.88 bits per heavy atom. The Bertz CT molecular complexity index is 568. The highest BCUT2D eigenvalue weighted by molar-refractivity contribution is 6.30. The molecule has 2 aromatic rings. The molecule has 0 spiro atoms. The van der Waals surface area contributed by atoms with Crippen molar-refractivity contribution in [2.75, 3.05) is 0 Å². The summed E-state index contributed by atoms with van der Waals surface area (Å²) in [6.45, 7) is 0. The highest BCUT2D eigenvalue weighted by Crippen LogP contribution is 2.20. The average molecular weight is 254 g/mol. The highest BCUT2D eigenvalue weighted by Gasteiger charge is 2.15. The Labute approximate surface area is 101 Å². The number of halogens is 1. The van der Waals surface area contributed by atoms with Crippen molar-refractivity contribution in [3.8, 4) is 11.4 Å². The van der Waals surface area contributed by atoms with Gasteiger partial charge in [0.05, 0.1) is 17.8 Å². The van der Waals surface area contributed by atoms with Gasteiger partial charge in [-0.3, -0.25) is 4.79 Å². The van der Waals surface area contributed by atoms with Gasteiger partial charge in [0.2, 0.25) is 0 Å². The van der Waals surface area contributed by atoms with Crippen molar-refractivity contribution in [3.05, 3.63) is 35.1 Å². The van der Waals surface area contributed by atoms with Gasteiger partial charge in [-0.1, -0.05) is 22.9 Å². The molecule has 0 unspecified atom stereocenters. The minimum absolute atomic E-state index is 0.0377. The number of carbonyl (C=O) groups is 1. The summed E-state index contributed by atoms with van der Waals surface area (Å²) >= 11 is 5.76. The Hall–Kier alpha value is -2.08. The molecule has 1 aromatic heterocycles. The van der Waals surface area contributed by atoms with Crippen molar-refractivity contribution in [2.45, 2.75) is 6.42 Å². The van der Waals surface area contributed by atoms with Gasteiger partial charge in [-0.2, -0.15) is 0 Å². The van der Waals surface area contributed by atoms with E-state index in [0.717, 1.165) is 0 Å². The monoisotopic (exact) mass is 253 g/mol. The lowest BCUT2D eigenvalue weighted by Crippen LogP contribution is -2.08. The van der Waals surface area contributed by atoms with Crippen LogP contribution in [0.5, 0.6) is 5.75 Å². The lowest BCUT2D eigenvalue weighted by atomic mass is 10.2. The average Bonchev–Trinajstić information content (AvgIpc) is 2.60. The number of carboxylic acid groups (broad SMARTS) is 1. The van der Waals surface area contributed by atoms with Crippen LogP contribution >= 0.6 is 11.6 Å². The van der Waals surface area contributed by atoms with Crippen LogP contribution < -0.4 is 0 Å². The standard InChI is InChI=1S/C10H8ClN3O3/c11-10-8(5-9(16)17)14(13-12-10)6-2-1-3-7(15)4-6/h1-4,15H,5H2,(H,16,17). The normalized spacial score (nSPS) is 10.4. The number of benzene rings is 1. The second-order valence-corrected chi connectivity index (χ2v) is 3.69. The summed E-state index contributed by atoms with van der Waals surface area (Å²) in [4.78, 5) is 10.7. The van der Waals surface area contributed by atoms with E-state index in [0.29, 0.717) is 5.69 Å². The first-order chi connectivity index (χ1) is 8.08. The maximum atomic E-state index is 10.7. The van der Waals surface area contributed by atoms with Crippen LogP contribution in [0.1, 0.15) is 5.69 Å². The Kier molecular flexibility index (Phi) is 2.97. The summed E-state index contributed by atoms with van der Waals surface area (Å²) < 4.78 is 1.29. The minimum Gasteiger partial charge on any atom is -0.508 e. The Balaban J connectivity index is 2.48. The third kappa shape index (κ3) is 2.36. The summed E-state index contributed by atoms with van der Waals surface area (Å²) in [5.41, 5.74) is 0.769. The number of nitrogens with zero attached hydrogens (tertiary/aromatic N) is 3. The zero-order valence-corrected chi connectivity index (χ0v) is 9.29. The van der Waals surface area contributed by atoms with Crippen LogP contribution in [0.15, 0.2) is 24.3 Å². The molecule has 0 saturated heterocycles. The van der Waals surface area contributed by atoms with Gasteiger partial charge in [0.15, 0.2) is 5.15 Å². The highest BCUT2D eigenvalue weighted by atomic mass is 35.5. The molecule has 1 heterocycles. The molecule has 1 aromatic carbocycles. The number of hydrogen-bond acceptors (Lipinski definition) is 4. The third-order valence-corrected chi connectivity index (χ3v) is 2.40. The van der Waals surface area contributed by atoms with Crippen molar-refractivity contribution in [2.24, 2.45) is 0 Å². The van der Waals surface area contributed by atoms with Crippen molar-refractivity contribution in [1.82, 2.24) is 15.0 Å². The minimum atomic E-state index is -1.03. The molecule has 2 rings (SSSR count). The van der Waals surface area contributed by atoms with Gasteiger partial charge in [0.25, 0.3) is 0 Å². The van der Waals surface area contributed by atoms with Gasteiger partial charge in [0, 0.05) is 6.07 Å². The molecule has 2 N–H and O–H groups in total. The molecule has 0 aliphatic carbocycles. The molecule has 88 valence electrons. The SMILES string of the molecule is O=C(O)Cc1c(Cl)nnn1-c1cccc(O)c1. The first-order valence-electron chi connectivity index (χ1n) is 4.69. The molecule has 0 amide bonds. The van der Waals surface area contributed by atoms with Crippen LogP contribution in [0.2, 0.25) is 5.15 Å². The van der Waals surface area contributed by atoms with Crippen LogP contribution in [0, 0.1) is 0 Å². The summed E-state index contributed by atoms with van der Waals surface area (Å²) in [6, 6.07) is 6.22. The number of carboxylic acids is 1. The first-order valence-corrected chi connectivity index (χ1v) is 5.07. The zero-order valence-electron chi connectivity index (χ0n) is 8.54. The molecule has 0 fully saturated rings. The van der Waals surface area contributed by atoms with E-state index in [1.54, 1.807) is 12.1 Å². The molecule has 0 aliphatic rings. The molecular weight excluding hydrogens is 246 g/mol. The molecule has 17 heavy (non-hydrogen) atoms. The lowest BCUT2D eigenvalue weighted by molar-refractivity contribution is -0.136. The van der Waals surface area contributed by atoms with Gasteiger partial charge >= 0.3 is 5.97 Å². The molecule has 7 heteroatoms. The van der Waals surface area contributed by atoms with E-state index < -0.39 is 5.97 Å². The summed E-state index contributed by atoms with van der Waals surface area (Å²) in [5, 5.41) is 25.5. The van der Waals surface area contributed by atoms with Gasteiger partial charge < -0.3 is 10.2 Å². The number of phenols is 1. The third-order valence-electron chi connectivity index (χ3n) is 2.11. The number of aromatic nitrogens is 3. The zero-order chi connectivity index (χ0) is 12.4. The number of phenolic OH excluding ortho intramolecular Hbond substituents is 1. The molecular formula is C10H8ClN3O3. The van der Waals surface area contributed by atoms with Crippen molar-refractivity contribution in [3.63, 3.8) is 0 Å². The molecule has 0 atom stereocenters. The molecule has 0 aliphatic heterocycles. The molecule has 0 saturated carbocycles. The van der Waals surface area contributed by atoms with Crippen LogP contribution in [0.3, 0.4) is 0 Å². The van der Waals surface area contributed by atoms with Crippen LogP contribution in [-0.4, -0.2) is 31.2 Å². The van der Waals surface area contributed by atoms with E-state index in [1.165, 1.54) is 16.8 Å². The number of aliphatic carboxylic acids is 1. The largest absolute Gasteiger partial charge is 0.508 e. The Morgan fingerprint density at radius 1 is 1.47 bits per heavy atom. The topological polar surface area (TPSA) is 88.2 Å². The van der Waals surface area contributed by atoms with E-state index in [1.807, 2.05) is 0 Å². The fraction of sp³-hybridized carbons (Fsp3) is 0.100. The van der Waals surface area contributed by atoms with Crippen molar-refractivity contribution < 1.29 is 15.0 Å². The predicted octanol–water partition coefficient (Wildman–Crippen LogP) is 1.25. The fourth-order valence-electron chi connectivity index (χ4n) is 1.41. The number of rotatable bonds is 3. The maximum Gasteiger partial charge on any atom is 0.309 e. The molecule has 6 nitrogen and oxygen atoms in total. The number of aromatic hydroxyl groups is 1.